The molecular weight excluding hydrogens is 299 g/mol. The molecule has 0 bridgehead atoms. The minimum absolute atomic E-state index is 0.0263. The van der Waals surface area contributed by atoms with Crippen LogP contribution in [-0.2, 0) is 0 Å². The summed E-state index contributed by atoms with van der Waals surface area (Å²) in [6.07, 6.45) is 2.43. The number of aromatic nitrogens is 3. The lowest BCUT2D eigenvalue weighted by Gasteiger charge is -2.18. The molecule has 0 saturated heterocycles. The highest BCUT2D eigenvalue weighted by Gasteiger charge is 2.14. The Hall–Kier alpha value is -2.77. The molecule has 1 unspecified atom stereocenters. The Morgan fingerprint density at radius 3 is 2.70 bits per heavy atom. The van der Waals surface area contributed by atoms with Crippen LogP contribution in [0.5, 0.6) is 0 Å². The summed E-state index contributed by atoms with van der Waals surface area (Å²) in [4.78, 5) is 19.4. The molecule has 122 valence electrons. The van der Waals surface area contributed by atoms with E-state index in [9.17, 15) is 9.18 Å². The number of nitrogens with zero attached hydrogens (tertiary/aromatic N) is 3. The third kappa shape index (κ3) is 3.71. The number of pyridine rings is 1. The average molecular weight is 318 g/mol. The number of amides is 1. The Bertz CT molecular complexity index is 786. The molecule has 0 spiro atoms. The van der Waals surface area contributed by atoms with E-state index in [0.29, 0.717) is 11.5 Å². The van der Waals surface area contributed by atoms with Crippen LogP contribution in [0.25, 0.3) is 11.4 Å². The van der Waals surface area contributed by atoms with Gasteiger partial charge in [0.05, 0.1) is 6.20 Å². The molecule has 23 heavy (non-hydrogen) atoms. The first-order valence-corrected chi connectivity index (χ1v) is 7.16. The van der Waals surface area contributed by atoms with Crippen molar-refractivity contribution in [2.24, 2.45) is 11.7 Å². The van der Waals surface area contributed by atoms with Crippen LogP contribution in [0.4, 0.5) is 15.0 Å². The van der Waals surface area contributed by atoms with Crippen molar-refractivity contribution < 1.29 is 9.18 Å². The summed E-state index contributed by atoms with van der Waals surface area (Å²) in [6.45, 7) is 5.96. The van der Waals surface area contributed by atoms with Crippen LogP contribution in [0.2, 0.25) is 0 Å². The maximum Gasteiger partial charge on any atom is 0.324 e. The lowest BCUT2D eigenvalue weighted by molar-refractivity contribution is 0.249. The first kappa shape index (κ1) is 16.6. The average Bonchev–Trinajstić information content (AvgIpc) is 2.49. The van der Waals surface area contributed by atoms with Crippen LogP contribution in [0.3, 0.4) is 0 Å². The molecule has 0 aliphatic rings. The molecule has 2 aromatic rings. The van der Waals surface area contributed by atoms with Crippen LogP contribution in [0.1, 0.15) is 20.8 Å². The molecule has 0 aromatic carbocycles. The van der Waals surface area contributed by atoms with Gasteiger partial charge in [-0.3, -0.25) is 9.98 Å². The Kier molecular flexibility index (Phi) is 4.73. The second-order valence-corrected chi connectivity index (χ2v) is 5.58. The molecule has 0 radical (unpaired) electrons. The first-order valence-electron chi connectivity index (χ1n) is 7.16. The highest BCUT2D eigenvalue weighted by atomic mass is 19.1. The molecule has 2 heterocycles. The third-order valence-corrected chi connectivity index (χ3v) is 3.55. The zero-order chi connectivity index (χ0) is 17.1. The molecule has 1 amide bonds. The van der Waals surface area contributed by atoms with Crippen LogP contribution in [0, 0.1) is 17.1 Å². The molecule has 1 atom stereocenters. The number of rotatable bonds is 4. The number of primary amides is 1. The second kappa shape index (κ2) is 6.55. The van der Waals surface area contributed by atoms with E-state index in [0.717, 1.165) is 10.8 Å². The number of carbonyl (C=O) groups is 1. The molecule has 8 heteroatoms. The fraction of sp³-hybridized carbons (Fsp3) is 0.333. The van der Waals surface area contributed by atoms with E-state index in [4.69, 9.17) is 11.1 Å². The normalized spacial score (nSPS) is 12.2. The predicted molar refractivity (Wildman–Crippen MR) is 84.2 cm³/mol. The van der Waals surface area contributed by atoms with E-state index in [-0.39, 0.29) is 23.2 Å². The minimum Gasteiger partial charge on any atom is -0.365 e. The number of anilines is 1. The van der Waals surface area contributed by atoms with Gasteiger partial charge in [0.15, 0.2) is 17.5 Å². The predicted octanol–water partition coefficient (Wildman–Crippen LogP) is 1.95. The summed E-state index contributed by atoms with van der Waals surface area (Å²) in [5.41, 5.74) is 5.60. The standard InChI is InChI=1S/C15H19FN6O/c1-8(2)9(3)20-14-11(16)6-19-13(21-14)10-4-5-12(17)22(7-10)15(18)23/h4-9,17H,1-3H3,(H2,18,23)(H,19,20,21). The van der Waals surface area contributed by atoms with Crippen molar-refractivity contribution in [3.8, 4) is 11.4 Å². The molecule has 2 aromatic heterocycles. The van der Waals surface area contributed by atoms with Crippen molar-refractivity contribution in [1.82, 2.24) is 14.5 Å². The summed E-state index contributed by atoms with van der Waals surface area (Å²) < 4.78 is 14.8. The second-order valence-electron chi connectivity index (χ2n) is 5.58. The van der Waals surface area contributed by atoms with Gasteiger partial charge in [-0.05, 0) is 25.0 Å². The fourth-order valence-electron chi connectivity index (χ4n) is 1.81. The Morgan fingerprint density at radius 2 is 2.09 bits per heavy atom. The minimum atomic E-state index is -0.786. The Labute approximate surface area is 132 Å². The van der Waals surface area contributed by atoms with Gasteiger partial charge < -0.3 is 11.1 Å². The van der Waals surface area contributed by atoms with E-state index >= 15 is 0 Å². The van der Waals surface area contributed by atoms with Crippen molar-refractivity contribution >= 4 is 11.8 Å². The van der Waals surface area contributed by atoms with Gasteiger partial charge in [0.2, 0.25) is 0 Å². The van der Waals surface area contributed by atoms with Crippen molar-refractivity contribution in [1.29, 1.82) is 5.41 Å². The number of nitrogens with one attached hydrogen (secondary N) is 2. The SMILES string of the molecule is CC(C)C(C)Nc1nc(-c2ccc(=N)n(C(N)=O)c2)ncc1F. The van der Waals surface area contributed by atoms with E-state index < -0.39 is 11.8 Å². The molecule has 4 N–H and O–H groups in total. The van der Waals surface area contributed by atoms with E-state index in [1.165, 1.54) is 12.3 Å². The molecule has 0 aliphatic carbocycles. The van der Waals surface area contributed by atoms with Gasteiger partial charge in [-0.15, -0.1) is 0 Å². The van der Waals surface area contributed by atoms with Crippen LogP contribution < -0.4 is 16.5 Å². The molecule has 2 rings (SSSR count). The van der Waals surface area contributed by atoms with Crippen LogP contribution in [-0.4, -0.2) is 26.6 Å². The van der Waals surface area contributed by atoms with Crippen molar-refractivity contribution in [2.75, 3.05) is 5.32 Å². The van der Waals surface area contributed by atoms with Gasteiger partial charge in [-0.25, -0.2) is 19.2 Å². The summed E-state index contributed by atoms with van der Waals surface area (Å²) in [5, 5.41) is 10.6. The van der Waals surface area contributed by atoms with Gasteiger partial charge >= 0.3 is 6.03 Å². The summed E-state index contributed by atoms with van der Waals surface area (Å²) in [5.74, 6) is 0.0743. The van der Waals surface area contributed by atoms with E-state index in [2.05, 4.69) is 15.3 Å². The smallest absolute Gasteiger partial charge is 0.324 e. The molecule has 7 nitrogen and oxygen atoms in total. The van der Waals surface area contributed by atoms with Crippen molar-refractivity contribution in [2.45, 2.75) is 26.8 Å². The zero-order valence-corrected chi connectivity index (χ0v) is 13.2. The highest BCUT2D eigenvalue weighted by molar-refractivity contribution is 5.75. The maximum atomic E-state index is 13.9. The summed E-state index contributed by atoms with van der Waals surface area (Å²) in [7, 11) is 0. The van der Waals surface area contributed by atoms with Gasteiger partial charge in [-0.1, -0.05) is 13.8 Å². The lowest BCUT2D eigenvalue weighted by atomic mass is 10.1. The van der Waals surface area contributed by atoms with Gasteiger partial charge in [-0.2, -0.15) is 0 Å². The van der Waals surface area contributed by atoms with Gasteiger partial charge in [0.25, 0.3) is 0 Å². The number of nitrogens with two attached hydrogens (primary N) is 1. The van der Waals surface area contributed by atoms with Crippen LogP contribution >= 0.6 is 0 Å². The largest absolute Gasteiger partial charge is 0.365 e. The number of carbonyl (C=O) groups excluding carboxylic acids is 1. The number of hydrogen-bond acceptors (Lipinski definition) is 5. The molecular formula is C15H19FN6O. The topological polar surface area (TPSA) is 110 Å². The van der Waals surface area contributed by atoms with Gasteiger partial charge in [0.1, 0.15) is 5.49 Å². The first-order chi connectivity index (χ1) is 10.8. The quantitative estimate of drug-likeness (QED) is 0.800. The maximum absolute atomic E-state index is 13.9. The molecule has 0 saturated carbocycles. The summed E-state index contributed by atoms with van der Waals surface area (Å²) >= 11 is 0. The van der Waals surface area contributed by atoms with Crippen molar-refractivity contribution in [3.05, 3.63) is 35.8 Å². The summed E-state index contributed by atoms with van der Waals surface area (Å²) in [6, 6.07) is 2.21. The van der Waals surface area contributed by atoms with E-state index in [1.54, 1.807) is 6.07 Å². The third-order valence-electron chi connectivity index (χ3n) is 3.55. The van der Waals surface area contributed by atoms with Crippen molar-refractivity contribution in [3.63, 3.8) is 0 Å². The lowest BCUT2D eigenvalue weighted by Crippen LogP contribution is -2.30. The molecule has 0 aliphatic heterocycles. The Morgan fingerprint density at radius 1 is 1.39 bits per heavy atom. The number of hydrogen-bond donors (Lipinski definition) is 3. The molecule has 0 fully saturated rings. The zero-order valence-electron chi connectivity index (χ0n) is 13.2. The monoisotopic (exact) mass is 318 g/mol. The fourth-order valence-corrected chi connectivity index (χ4v) is 1.81. The van der Waals surface area contributed by atoms with Gasteiger partial charge in [0, 0.05) is 17.8 Å². The Balaban J connectivity index is 2.43. The number of halogens is 1. The van der Waals surface area contributed by atoms with E-state index in [1.807, 2.05) is 20.8 Å². The highest BCUT2D eigenvalue weighted by Crippen LogP contribution is 2.19. The van der Waals surface area contributed by atoms with Crippen LogP contribution in [0.15, 0.2) is 24.5 Å².